The summed E-state index contributed by atoms with van der Waals surface area (Å²) < 4.78 is 19.4. The maximum atomic E-state index is 12.3. The molecule has 0 N–H and O–H groups in total. The molecule has 8 nitrogen and oxygen atoms in total. The Morgan fingerprint density at radius 3 is 2.42 bits per heavy atom. The molecule has 0 saturated heterocycles. The lowest BCUT2D eigenvalue weighted by Crippen LogP contribution is -2.37. The van der Waals surface area contributed by atoms with Crippen LogP contribution in [0, 0.1) is 5.92 Å². The summed E-state index contributed by atoms with van der Waals surface area (Å²) in [5.74, 6) is -2.69. The van der Waals surface area contributed by atoms with Crippen LogP contribution in [0.25, 0.3) is 0 Å². The number of aliphatic imine (C=N–C) groups is 1. The SMILES string of the molecule is CCOC(=O)C(N=Cc1cccc(OC)c1)C(CC(=O)OC)C(=O)OC. The molecule has 142 valence electrons. The van der Waals surface area contributed by atoms with Crippen LogP contribution in [0.4, 0.5) is 0 Å². The molecule has 1 rings (SSSR count). The Balaban J connectivity index is 3.18. The van der Waals surface area contributed by atoms with Crippen LogP contribution in [0.15, 0.2) is 29.3 Å². The molecule has 0 aliphatic heterocycles. The van der Waals surface area contributed by atoms with Crippen molar-refractivity contribution in [2.75, 3.05) is 27.9 Å². The van der Waals surface area contributed by atoms with Crippen LogP contribution < -0.4 is 4.74 Å². The lowest BCUT2D eigenvalue weighted by Gasteiger charge is -2.19. The molecule has 0 bridgehead atoms. The van der Waals surface area contributed by atoms with E-state index in [0.29, 0.717) is 11.3 Å². The van der Waals surface area contributed by atoms with Gasteiger partial charge in [-0.05, 0) is 24.6 Å². The second-order valence-electron chi connectivity index (χ2n) is 5.16. The number of carbonyl (C=O) groups excluding carboxylic acids is 3. The van der Waals surface area contributed by atoms with E-state index < -0.39 is 29.9 Å². The molecule has 0 aromatic heterocycles. The fourth-order valence-corrected chi connectivity index (χ4v) is 2.18. The van der Waals surface area contributed by atoms with Gasteiger partial charge in [-0.15, -0.1) is 0 Å². The number of nitrogens with zero attached hydrogens (tertiary/aromatic N) is 1. The van der Waals surface area contributed by atoms with Crippen molar-refractivity contribution in [3.8, 4) is 5.75 Å². The highest BCUT2D eigenvalue weighted by molar-refractivity contribution is 5.90. The smallest absolute Gasteiger partial charge is 0.331 e. The van der Waals surface area contributed by atoms with Gasteiger partial charge in [-0.1, -0.05) is 12.1 Å². The Hall–Kier alpha value is -2.90. The third-order valence-corrected chi connectivity index (χ3v) is 3.51. The normalized spacial score (nSPS) is 12.9. The minimum Gasteiger partial charge on any atom is -0.497 e. The number of hydrogen-bond acceptors (Lipinski definition) is 8. The molecule has 1 aromatic rings. The summed E-state index contributed by atoms with van der Waals surface area (Å²) >= 11 is 0. The van der Waals surface area contributed by atoms with Gasteiger partial charge in [0.05, 0.1) is 34.4 Å². The van der Waals surface area contributed by atoms with Crippen molar-refractivity contribution < 1.29 is 33.3 Å². The lowest BCUT2D eigenvalue weighted by atomic mass is 9.96. The van der Waals surface area contributed by atoms with Gasteiger partial charge in [0.2, 0.25) is 0 Å². The number of methoxy groups -OCH3 is 3. The Morgan fingerprint density at radius 1 is 1.12 bits per heavy atom. The van der Waals surface area contributed by atoms with E-state index in [2.05, 4.69) is 9.73 Å². The first-order valence-electron chi connectivity index (χ1n) is 7.95. The molecule has 2 unspecified atom stereocenters. The minimum atomic E-state index is -1.24. The molecule has 8 heteroatoms. The Labute approximate surface area is 152 Å². The minimum absolute atomic E-state index is 0.107. The van der Waals surface area contributed by atoms with Gasteiger partial charge in [0, 0.05) is 6.21 Å². The summed E-state index contributed by atoms with van der Waals surface area (Å²) in [6, 6.07) is 5.73. The Kier molecular flexibility index (Phi) is 8.83. The number of rotatable bonds is 9. The van der Waals surface area contributed by atoms with Crippen molar-refractivity contribution in [1.82, 2.24) is 0 Å². The van der Waals surface area contributed by atoms with Crippen molar-refractivity contribution in [3.05, 3.63) is 29.8 Å². The fraction of sp³-hybridized carbons (Fsp3) is 0.444. The predicted molar refractivity (Wildman–Crippen MR) is 93.1 cm³/mol. The highest BCUT2D eigenvalue weighted by atomic mass is 16.5. The van der Waals surface area contributed by atoms with Crippen LogP contribution in [-0.2, 0) is 28.6 Å². The zero-order valence-electron chi connectivity index (χ0n) is 15.3. The molecule has 0 heterocycles. The summed E-state index contributed by atoms with van der Waals surface area (Å²) in [4.78, 5) is 40.2. The average molecular weight is 365 g/mol. The molecule has 0 fully saturated rings. The molecular weight excluding hydrogens is 342 g/mol. The maximum absolute atomic E-state index is 12.3. The van der Waals surface area contributed by atoms with Gasteiger partial charge in [-0.25, -0.2) is 4.79 Å². The van der Waals surface area contributed by atoms with Gasteiger partial charge in [0.1, 0.15) is 11.7 Å². The lowest BCUT2D eigenvalue weighted by molar-refractivity contribution is -0.158. The summed E-state index contributed by atoms with van der Waals surface area (Å²) in [7, 11) is 3.89. The van der Waals surface area contributed by atoms with Gasteiger partial charge in [-0.2, -0.15) is 0 Å². The van der Waals surface area contributed by atoms with Crippen LogP contribution in [0.5, 0.6) is 5.75 Å². The first kappa shape index (κ1) is 21.1. The predicted octanol–water partition coefficient (Wildman–Crippen LogP) is 1.40. The zero-order chi connectivity index (χ0) is 19.5. The Bertz CT molecular complexity index is 657. The highest BCUT2D eigenvalue weighted by Crippen LogP contribution is 2.18. The molecule has 0 aliphatic rings. The third-order valence-electron chi connectivity index (χ3n) is 3.51. The van der Waals surface area contributed by atoms with Crippen molar-refractivity contribution >= 4 is 24.1 Å². The molecule has 0 spiro atoms. The molecule has 26 heavy (non-hydrogen) atoms. The molecular formula is C18H23NO7. The topological polar surface area (TPSA) is 100 Å². The van der Waals surface area contributed by atoms with Gasteiger partial charge >= 0.3 is 17.9 Å². The summed E-state index contributed by atoms with van der Waals surface area (Å²) in [6.45, 7) is 1.74. The van der Waals surface area contributed by atoms with Crippen LogP contribution in [0.2, 0.25) is 0 Å². The van der Waals surface area contributed by atoms with Gasteiger partial charge < -0.3 is 18.9 Å². The third kappa shape index (κ3) is 6.19. The van der Waals surface area contributed by atoms with Gasteiger partial charge in [0.25, 0.3) is 0 Å². The second kappa shape index (κ2) is 10.9. The number of benzene rings is 1. The van der Waals surface area contributed by atoms with Crippen LogP contribution >= 0.6 is 0 Å². The second-order valence-corrected chi connectivity index (χ2v) is 5.16. The highest BCUT2D eigenvalue weighted by Gasteiger charge is 2.37. The zero-order valence-corrected chi connectivity index (χ0v) is 15.3. The van der Waals surface area contributed by atoms with Crippen molar-refractivity contribution in [1.29, 1.82) is 0 Å². The maximum Gasteiger partial charge on any atom is 0.331 e. The van der Waals surface area contributed by atoms with E-state index in [1.807, 2.05) is 0 Å². The molecule has 0 amide bonds. The number of esters is 3. The molecule has 0 radical (unpaired) electrons. The molecule has 2 atom stereocenters. The van der Waals surface area contributed by atoms with Gasteiger partial charge in [-0.3, -0.25) is 14.6 Å². The van der Waals surface area contributed by atoms with Crippen LogP contribution in [0.3, 0.4) is 0 Å². The largest absolute Gasteiger partial charge is 0.497 e. The van der Waals surface area contributed by atoms with E-state index in [1.54, 1.807) is 31.2 Å². The summed E-state index contributed by atoms with van der Waals surface area (Å²) in [6.07, 6.45) is 1.05. The quantitative estimate of drug-likeness (QED) is 0.370. The first-order chi connectivity index (χ1) is 12.5. The standard InChI is InChI=1S/C18H23NO7/c1-5-26-18(22)16(14(17(21)25-4)10-15(20)24-3)19-11-12-7-6-8-13(9-12)23-2/h6-9,11,14,16H,5,10H2,1-4H3. The van der Waals surface area contributed by atoms with Gasteiger partial charge in [0.15, 0.2) is 6.04 Å². The molecule has 1 aromatic carbocycles. The van der Waals surface area contributed by atoms with Crippen molar-refractivity contribution in [2.45, 2.75) is 19.4 Å². The Morgan fingerprint density at radius 2 is 1.85 bits per heavy atom. The number of carbonyl (C=O) groups is 3. The number of ether oxygens (including phenoxy) is 4. The molecule has 0 saturated carbocycles. The van der Waals surface area contributed by atoms with E-state index in [9.17, 15) is 14.4 Å². The van der Waals surface area contributed by atoms with E-state index in [1.165, 1.54) is 27.5 Å². The summed E-state index contributed by atoms with van der Waals surface area (Å²) in [5.41, 5.74) is 0.653. The van der Waals surface area contributed by atoms with Crippen LogP contribution in [-0.4, -0.2) is 58.1 Å². The van der Waals surface area contributed by atoms with E-state index in [-0.39, 0.29) is 13.0 Å². The van der Waals surface area contributed by atoms with Crippen molar-refractivity contribution in [3.63, 3.8) is 0 Å². The number of hydrogen-bond donors (Lipinski definition) is 0. The summed E-state index contributed by atoms with van der Waals surface area (Å²) in [5, 5.41) is 0. The van der Waals surface area contributed by atoms with E-state index >= 15 is 0 Å². The first-order valence-corrected chi connectivity index (χ1v) is 7.95. The van der Waals surface area contributed by atoms with E-state index in [4.69, 9.17) is 14.2 Å². The van der Waals surface area contributed by atoms with E-state index in [0.717, 1.165) is 0 Å². The monoisotopic (exact) mass is 365 g/mol. The van der Waals surface area contributed by atoms with Crippen LogP contribution in [0.1, 0.15) is 18.9 Å². The van der Waals surface area contributed by atoms with Crippen molar-refractivity contribution in [2.24, 2.45) is 10.9 Å². The fourth-order valence-electron chi connectivity index (χ4n) is 2.18. The molecule has 0 aliphatic carbocycles. The average Bonchev–Trinajstić information content (AvgIpc) is 2.66.